The highest BCUT2D eigenvalue weighted by Crippen LogP contribution is 2.05. The topological polar surface area (TPSA) is 193 Å². The molecule has 0 radical (unpaired) electrons. The molecule has 0 spiro atoms. The largest absolute Gasteiger partial charge is 0.396 e. The lowest BCUT2D eigenvalue weighted by Gasteiger charge is -2.18. The van der Waals surface area contributed by atoms with Crippen molar-refractivity contribution in [1.82, 2.24) is 4.90 Å². The fourth-order valence-corrected chi connectivity index (χ4v) is 2.66. The van der Waals surface area contributed by atoms with Crippen molar-refractivity contribution in [2.45, 2.75) is 18.1 Å². The average molecular weight is 397 g/mol. The zero-order chi connectivity index (χ0) is 19.2. The maximum atomic E-state index is 10.4. The Balaban J connectivity index is 0. The van der Waals surface area contributed by atoms with Crippen molar-refractivity contribution in [2.75, 3.05) is 51.8 Å². The van der Waals surface area contributed by atoms with E-state index in [1.54, 1.807) is 4.90 Å². The molecule has 0 aromatic heterocycles. The van der Waals surface area contributed by atoms with Crippen LogP contribution in [0.4, 0.5) is 0 Å². The van der Waals surface area contributed by atoms with E-state index in [9.17, 15) is 16.8 Å². The number of nitrogens with zero attached hydrogens (tertiary/aromatic N) is 1. The van der Waals surface area contributed by atoms with Crippen LogP contribution in [-0.2, 0) is 20.2 Å². The van der Waals surface area contributed by atoms with Gasteiger partial charge in [-0.3, -0.25) is 14.0 Å². The zero-order valence-corrected chi connectivity index (χ0v) is 14.9. The van der Waals surface area contributed by atoms with E-state index in [0.29, 0.717) is 0 Å². The maximum Gasteiger partial charge on any atom is 0.270 e. The molecular formula is C11H27NO10S2. The summed E-state index contributed by atoms with van der Waals surface area (Å²) < 4.78 is 58.3. The standard InChI is InChI=1S/C6H15NO5S.C5H12O5S/c8-4-1-7(2-5-9)3-6-13(10,11)12;6-3-1-2-5(4-7)11(8,9)10/h8-9H,1-6H2,(H,10,11,12);5-7H,1-4H2,(H,8,9,10). The lowest BCUT2D eigenvalue weighted by Crippen LogP contribution is -2.34. The van der Waals surface area contributed by atoms with Gasteiger partial charge in [0.15, 0.2) is 0 Å². The Morgan fingerprint density at radius 2 is 1.29 bits per heavy atom. The summed E-state index contributed by atoms with van der Waals surface area (Å²) in [6, 6.07) is 0. The van der Waals surface area contributed by atoms with E-state index in [0.717, 1.165) is 0 Å². The Kier molecular flexibility index (Phi) is 14.9. The van der Waals surface area contributed by atoms with E-state index in [1.807, 2.05) is 0 Å². The second-order valence-corrected chi connectivity index (χ2v) is 8.03. The Bertz CT molecular complexity index is 487. The van der Waals surface area contributed by atoms with Gasteiger partial charge in [0.2, 0.25) is 0 Å². The molecule has 0 amide bonds. The Labute approximate surface area is 142 Å². The molecule has 0 rings (SSSR count). The van der Waals surface area contributed by atoms with E-state index in [1.165, 1.54) is 0 Å². The molecule has 0 aliphatic rings. The van der Waals surface area contributed by atoms with Gasteiger partial charge in [-0.05, 0) is 12.8 Å². The highest BCUT2D eigenvalue weighted by Gasteiger charge is 2.20. The van der Waals surface area contributed by atoms with Crippen LogP contribution in [0, 0.1) is 0 Å². The molecule has 1 atom stereocenters. The summed E-state index contributed by atoms with van der Waals surface area (Å²) in [6.07, 6.45) is 0.330. The monoisotopic (exact) mass is 397 g/mol. The molecular weight excluding hydrogens is 370 g/mol. The van der Waals surface area contributed by atoms with Crippen LogP contribution in [0.25, 0.3) is 0 Å². The van der Waals surface area contributed by atoms with Crippen LogP contribution in [-0.4, -0.2) is 108 Å². The van der Waals surface area contributed by atoms with Gasteiger partial charge in [-0.15, -0.1) is 0 Å². The first kappa shape index (κ1) is 25.9. The van der Waals surface area contributed by atoms with Crippen LogP contribution in [0.1, 0.15) is 12.8 Å². The fourth-order valence-electron chi connectivity index (χ4n) is 1.52. The van der Waals surface area contributed by atoms with Gasteiger partial charge in [0.1, 0.15) is 5.25 Å². The molecule has 0 saturated carbocycles. The molecule has 0 aromatic rings. The van der Waals surface area contributed by atoms with Gasteiger partial charge >= 0.3 is 0 Å². The van der Waals surface area contributed by atoms with Crippen LogP contribution in [0.2, 0.25) is 0 Å². The van der Waals surface area contributed by atoms with E-state index in [2.05, 4.69) is 0 Å². The summed E-state index contributed by atoms with van der Waals surface area (Å²) in [5.41, 5.74) is 0. The van der Waals surface area contributed by atoms with E-state index < -0.39 is 32.1 Å². The van der Waals surface area contributed by atoms with Crippen LogP contribution in [0.3, 0.4) is 0 Å². The smallest absolute Gasteiger partial charge is 0.270 e. The van der Waals surface area contributed by atoms with E-state index in [4.69, 9.17) is 29.5 Å². The minimum absolute atomic E-state index is 0.0752. The summed E-state index contributed by atoms with van der Waals surface area (Å²) >= 11 is 0. The zero-order valence-electron chi connectivity index (χ0n) is 13.2. The van der Waals surface area contributed by atoms with Crippen LogP contribution < -0.4 is 0 Å². The van der Waals surface area contributed by atoms with Gasteiger partial charge in [-0.25, -0.2) is 0 Å². The third-order valence-corrected chi connectivity index (χ3v) is 4.73. The predicted octanol–water partition coefficient (Wildman–Crippen LogP) is -2.83. The van der Waals surface area contributed by atoms with Crippen molar-refractivity contribution < 1.29 is 46.4 Å². The Morgan fingerprint density at radius 3 is 1.58 bits per heavy atom. The fraction of sp³-hybridized carbons (Fsp3) is 1.00. The third kappa shape index (κ3) is 16.5. The molecule has 6 N–H and O–H groups in total. The number of aliphatic hydroxyl groups excluding tert-OH is 4. The van der Waals surface area contributed by atoms with Crippen LogP contribution >= 0.6 is 0 Å². The van der Waals surface area contributed by atoms with Gasteiger partial charge in [0.05, 0.1) is 25.6 Å². The first-order valence-electron chi connectivity index (χ1n) is 7.09. The number of aliphatic hydroxyl groups is 4. The SMILES string of the molecule is O=S(=O)(O)C(CO)CCCO.O=S(=O)(O)CCN(CCO)CCO. The predicted molar refractivity (Wildman–Crippen MR) is 85.8 cm³/mol. The van der Waals surface area contributed by atoms with Crippen molar-refractivity contribution in [3.8, 4) is 0 Å². The molecule has 0 aromatic carbocycles. The quantitative estimate of drug-likeness (QED) is 0.186. The first-order chi connectivity index (χ1) is 11.0. The summed E-state index contributed by atoms with van der Waals surface area (Å²) in [5.74, 6) is -0.382. The molecule has 148 valence electrons. The van der Waals surface area contributed by atoms with Crippen LogP contribution in [0.5, 0.6) is 0 Å². The maximum absolute atomic E-state index is 10.4. The molecule has 11 nitrogen and oxygen atoms in total. The van der Waals surface area contributed by atoms with E-state index in [-0.39, 0.29) is 58.0 Å². The first-order valence-corrected chi connectivity index (χ1v) is 10.2. The molecule has 0 aliphatic carbocycles. The second kappa shape index (κ2) is 13.9. The number of hydrogen-bond donors (Lipinski definition) is 6. The number of hydrogen-bond acceptors (Lipinski definition) is 9. The van der Waals surface area contributed by atoms with Crippen molar-refractivity contribution in [2.24, 2.45) is 0 Å². The van der Waals surface area contributed by atoms with Crippen molar-refractivity contribution >= 4 is 20.2 Å². The summed E-state index contributed by atoms with van der Waals surface area (Å²) in [6.45, 7) is -0.284. The summed E-state index contributed by atoms with van der Waals surface area (Å²) in [5, 5.41) is 32.7. The summed E-state index contributed by atoms with van der Waals surface area (Å²) in [4.78, 5) is 1.55. The van der Waals surface area contributed by atoms with Gasteiger partial charge in [0.25, 0.3) is 20.2 Å². The van der Waals surface area contributed by atoms with E-state index >= 15 is 0 Å². The third-order valence-electron chi connectivity index (χ3n) is 2.81. The van der Waals surface area contributed by atoms with Gasteiger partial charge in [0, 0.05) is 26.2 Å². The lowest BCUT2D eigenvalue weighted by molar-refractivity contribution is 0.166. The average Bonchev–Trinajstić information content (AvgIpc) is 2.44. The second-order valence-electron chi connectivity index (χ2n) is 4.76. The van der Waals surface area contributed by atoms with Crippen molar-refractivity contribution in [3.05, 3.63) is 0 Å². The normalized spacial score (nSPS) is 13.5. The lowest BCUT2D eigenvalue weighted by atomic mass is 10.2. The Hall–Kier alpha value is -0.380. The minimum atomic E-state index is -4.15. The van der Waals surface area contributed by atoms with Gasteiger partial charge in [-0.1, -0.05) is 0 Å². The molecule has 24 heavy (non-hydrogen) atoms. The molecule has 0 fully saturated rings. The molecule has 1 unspecified atom stereocenters. The highest BCUT2D eigenvalue weighted by atomic mass is 32.2. The molecule has 13 heteroatoms. The van der Waals surface area contributed by atoms with Crippen molar-refractivity contribution in [1.29, 1.82) is 0 Å². The van der Waals surface area contributed by atoms with Gasteiger partial charge in [-0.2, -0.15) is 16.8 Å². The summed E-state index contributed by atoms with van der Waals surface area (Å²) in [7, 11) is -8.11. The minimum Gasteiger partial charge on any atom is -0.396 e. The molecule has 0 saturated heterocycles. The molecule has 0 heterocycles. The van der Waals surface area contributed by atoms with Crippen molar-refractivity contribution in [3.63, 3.8) is 0 Å². The van der Waals surface area contributed by atoms with Gasteiger partial charge < -0.3 is 20.4 Å². The highest BCUT2D eigenvalue weighted by molar-refractivity contribution is 7.86. The number of rotatable bonds is 12. The van der Waals surface area contributed by atoms with Crippen LogP contribution in [0.15, 0.2) is 0 Å². The molecule has 0 bridgehead atoms. The Morgan fingerprint density at radius 1 is 0.792 bits per heavy atom. The molecule has 0 aliphatic heterocycles.